The predicted octanol–water partition coefficient (Wildman–Crippen LogP) is 3.62. The molecule has 0 aliphatic heterocycles. The van der Waals surface area contributed by atoms with Crippen LogP contribution in [0.5, 0.6) is 11.5 Å². The number of benzene rings is 2. The molecule has 3 N–H and O–H groups in total. The summed E-state index contributed by atoms with van der Waals surface area (Å²) in [6.45, 7) is 8.99. The molecule has 0 atom stereocenters. The molecule has 3 nitrogen and oxygen atoms in total. The van der Waals surface area contributed by atoms with Gasteiger partial charge in [-0.1, -0.05) is 35.4 Å². The van der Waals surface area contributed by atoms with E-state index in [0.29, 0.717) is 24.6 Å². The van der Waals surface area contributed by atoms with Crippen LogP contribution in [0, 0.1) is 27.7 Å². The third-order valence-electron chi connectivity index (χ3n) is 3.68. The van der Waals surface area contributed by atoms with Crippen molar-refractivity contribution >= 4 is 0 Å². The van der Waals surface area contributed by atoms with E-state index >= 15 is 0 Å². The van der Waals surface area contributed by atoms with Gasteiger partial charge in [0.1, 0.15) is 11.5 Å². The van der Waals surface area contributed by atoms with Gasteiger partial charge in [-0.2, -0.15) is 0 Å². The Hall–Kier alpha value is -2.00. The maximum atomic E-state index is 10.1. The molecule has 0 aromatic heterocycles. The first-order chi connectivity index (χ1) is 9.88. The van der Waals surface area contributed by atoms with Crippen LogP contribution in [-0.4, -0.2) is 10.2 Å². The van der Waals surface area contributed by atoms with Gasteiger partial charge in [0.05, 0.1) is 0 Å². The molecule has 0 aliphatic rings. The van der Waals surface area contributed by atoms with Crippen molar-refractivity contribution in [2.75, 3.05) is 0 Å². The first kappa shape index (κ1) is 15.4. The van der Waals surface area contributed by atoms with Gasteiger partial charge in [0.15, 0.2) is 0 Å². The number of hydrogen-bond donors (Lipinski definition) is 3. The molecule has 0 radical (unpaired) electrons. The molecular formula is C18H23NO2. The molecule has 0 bridgehead atoms. The summed E-state index contributed by atoms with van der Waals surface area (Å²) >= 11 is 0. The summed E-state index contributed by atoms with van der Waals surface area (Å²) in [6.07, 6.45) is 0. The van der Waals surface area contributed by atoms with Crippen LogP contribution in [0.3, 0.4) is 0 Å². The summed E-state index contributed by atoms with van der Waals surface area (Å²) in [7, 11) is 0. The number of hydrogen-bond acceptors (Lipinski definition) is 3. The summed E-state index contributed by atoms with van der Waals surface area (Å²) in [5, 5.41) is 23.4. The van der Waals surface area contributed by atoms with Crippen LogP contribution in [0.2, 0.25) is 0 Å². The average molecular weight is 285 g/mol. The molecule has 0 saturated carbocycles. The van der Waals surface area contributed by atoms with Crippen LogP contribution < -0.4 is 5.32 Å². The van der Waals surface area contributed by atoms with Crippen molar-refractivity contribution in [2.24, 2.45) is 0 Å². The van der Waals surface area contributed by atoms with Crippen molar-refractivity contribution in [2.45, 2.75) is 40.8 Å². The van der Waals surface area contributed by atoms with E-state index in [4.69, 9.17) is 0 Å². The highest BCUT2D eigenvalue weighted by atomic mass is 16.3. The standard InChI is InChI=1S/C18H23NO2/c1-11-5-13(3)17(20)15(7-11)9-19-10-16-8-12(2)6-14(4)18(16)21/h5-8,19-21H,9-10H2,1-4H3. The Kier molecular flexibility index (Phi) is 4.53. The molecule has 3 heteroatoms. The zero-order valence-corrected chi connectivity index (χ0v) is 13.1. The molecule has 0 fully saturated rings. The third kappa shape index (κ3) is 3.56. The van der Waals surface area contributed by atoms with Crippen LogP contribution in [0.25, 0.3) is 0 Å². The molecule has 2 aromatic rings. The zero-order valence-electron chi connectivity index (χ0n) is 13.1. The Morgan fingerprint density at radius 2 is 1.10 bits per heavy atom. The van der Waals surface area contributed by atoms with Gasteiger partial charge in [0.25, 0.3) is 0 Å². The Morgan fingerprint density at radius 3 is 1.48 bits per heavy atom. The number of phenolic OH excluding ortho intramolecular Hbond substituents is 2. The second-order valence-corrected chi connectivity index (χ2v) is 5.78. The van der Waals surface area contributed by atoms with E-state index in [1.807, 2.05) is 52.0 Å². The normalized spacial score (nSPS) is 10.9. The number of rotatable bonds is 4. The molecular weight excluding hydrogens is 262 g/mol. The molecule has 2 rings (SSSR count). The zero-order chi connectivity index (χ0) is 15.6. The fourth-order valence-electron chi connectivity index (χ4n) is 2.70. The molecule has 0 heterocycles. The Labute approximate surface area is 126 Å². The Bertz CT molecular complexity index is 605. The van der Waals surface area contributed by atoms with Crippen molar-refractivity contribution in [1.29, 1.82) is 0 Å². The number of aryl methyl sites for hydroxylation is 4. The lowest BCUT2D eigenvalue weighted by atomic mass is 10.0. The number of aromatic hydroxyl groups is 2. The molecule has 2 aromatic carbocycles. The van der Waals surface area contributed by atoms with Gasteiger partial charge < -0.3 is 15.5 Å². The average Bonchev–Trinajstić information content (AvgIpc) is 2.40. The van der Waals surface area contributed by atoms with Crippen molar-refractivity contribution in [1.82, 2.24) is 5.32 Å². The minimum absolute atomic E-state index is 0.345. The van der Waals surface area contributed by atoms with E-state index in [0.717, 1.165) is 33.4 Å². The third-order valence-corrected chi connectivity index (χ3v) is 3.68. The largest absolute Gasteiger partial charge is 0.507 e. The van der Waals surface area contributed by atoms with Gasteiger partial charge in [-0.15, -0.1) is 0 Å². The maximum absolute atomic E-state index is 10.1. The minimum Gasteiger partial charge on any atom is -0.507 e. The van der Waals surface area contributed by atoms with Gasteiger partial charge in [0, 0.05) is 24.2 Å². The molecule has 0 aliphatic carbocycles. The van der Waals surface area contributed by atoms with E-state index in [1.54, 1.807) is 0 Å². The summed E-state index contributed by atoms with van der Waals surface area (Å²) < 4.78 is 0. The topological polar surface area (TPSA) is 52.5 Å². The van der Waals surface area contributed by atoms with Gasteiger partial charge in [-0.05, 0) is 38.8 Å². The molecule has 0 saturated heterocycles. The SMILES string of the molecule is Cc1cc(C)c(O)c(CNCc2cc(C)cc(C)c2O)c1. The second kappa shape index (κ2) is 6.19. The summed E-state index contributed by atoms with van der Waals surface area (Å²) in [6, 6.07) is 7.90. The van der Waals surface area contributed by atoms with E-state index in [2.05, 4.69) is 5.32 Å². The van der Waals surface area contributed by atoms with Gasteiger partial charge in [0.2, 0.25) is 0 Å². The van der Waals surface area contributed by atoms with E-state index in [1.165, 1.54) is 0 Å². The fourth-order valence-corrected chi connectivity index (χ4v) is 2.70. The maximum Gasteiger partial charge on any atom is 0.122 e. The fraction of sp³-hybridized carbons (Fsp3) is 0.333. The van der Waals surface area contributed by atoms with Crippen molar-refractivity contribution in [3.63, 3.8) is 0 Å². The smallest absolute Gasteiger partial charge is 0.122 e. The Balaban J connectivity index is 2.09. The molecule has 0 unspecified atom stereocenters. The first-order valence-corrected chi connectivity index (χ1v) is 7.17. The van der Waals surface area contributed by atoms with Crippen LogP contribution in [0.4, 0.5) is 0 Å². The van der Waals surface area contributed by atoms with Crippen molar-refractivity contribution in [3.8, 4) is 11.5 Å². The highest BCUT2D eigenvalue weighted by Gasteiger charge is 2.08. The molecule has 0 spiro atoms. The van der Waals surface area contributed by atoms with Crippen LogP contribution in [0.15, 0.2) is 24.3 Å². The van der Waals surface area contributed by atoms with Crippen molar-refractivity contribution < 1.29 is 10.2 Å². The molecule has 112 valence electrons. The minimum atomic E-state index is 0.345. The van der Waals surface area contributed by atoms with E-state index in [9.17, 15) is 10.2 Å². The van der Waals surface area contributed by atoms with Crippen LogP contribution in [0.1, 0.15) is 33.4 Å². The highest BCUT2D eigenvalue weighted by molar-refractivity contribution is 5.44. The molecule has 0 amide bonds. The quantitative estimate of drug-likeness (QED) is 0.804. The molecule has 21 heavy (non-hydrogen) atoms. The van der Waals surface area contributed by atoms with E-state index in [-0.39, 0.29) is 0 Å². The number of phenols is 2. The lowest BCUT2D eigenvalue weighted by Gasteiger charge is -2.12. The predicted molar refractivity (Wildman–Crippen MR) is 85.7 cm³/mol. The summed E-state index contributed by atoms with van der Waals surface area (Å²) in [4.78, 5) is 0. The van der Waals surface area contributed by atoms with Crippen molar-refractivity contribution in [3.05, 3.63) is 57.6 Å². The monoisotopic (exact) mass is 285 g/mol. The van der Waals surface area contributed by atoms with E-state index < -0.39 is 0 Å². The lowest BCUT2D eigenvalue weighted by molar-refractivity contribution is 0.454. The van der Waals surface area contributed by atoms with Crippen LogP contribution >= 0.6 is 0 Å². The summed E-state index contributed by atoms with van der Waals surface area (Å²) in [5.41, 5.74) is 5.82. The first-order valence-electron chi connectivity index (χ1n) is 7.17. The van der Waals surface area contributed by atoms with Crippen LogP contribution in [-0.2, 0) is 13.1 Å². The second-order valence-electron chi connectivity index (χ2n) is 5.78. The highest BCUT2D eigenvalue weighted by Crippen LogP contribution is 2.25. The lowest BCUT2D eigenvalue weighted by Crippen LogP contribution is -2.13. The van der Waals surface area contributed by atoms with Gasteiger partial charge in [-0.25, -0.2) is 0 Å². The van der Waals surface area contributed by atoms with Gasteiger partial charge in [-0.3, -0.25) is 0 Å². The Morgan fingerprint density at radius 1 is 0.714 bits per heavy atom. The number of nitrogens with one attached hydrogen (secondary N) is 1. The summed E-state index contributed by atoms with van der Waals surface area (Å²) in [5.74, 6) is 0.690. The van der Waals surface area contributed by atoms with Gasteiger partial charge >= 0.3 is 0 Å².